The maximum absolute atomic E-state index is 13.3. The van der Waals surface area contributed by atoms with E-state index in [1.165, 1.54) is 11.1 Å². The van der Waals surface area contributed by atoms with Crippen LogP contribution in [0.5, 0.6) is 0 Å². The second-order valence-electron chi connectivity index (χ2n) is 6.69. The molecule has 0 bridgehead atoms. The number of rotatable bonds is 5. The molecule has 0 aromatic heterocycles. The zero-order valence-corrected chi connectivity index (χ0v) is 15.7. The molecule has 1 unspecified atom stereocenters. The number of nitrogens with zero attached hydrogens (tertiary/aromatic N) is 2. The predicted molar refractivity (Wildman–Crippen MR) is 108 cm³/mol. The number of hydrogen-bond acceptors (Lipinski definition) is 3. The minimum Gasteiger partial charge on any atom is -0.648 e. The van der Waals surface area contributed by atoms with Gasteiger partial charge in [-0.25, -0.2) is 4.67 Å². The standard InChI is InChI=1S/C22H23N2OP/c25-26-23(17-20-12-6-2-7-13-20)22(16-19-10-4-1-5-11-19)18-24(26)21-14-8-3-9-15-21/h1-15,22,26H,16-18H2/t22-/m0/s1. The van der Waals surface area contributed by atoms with E-state index < -0.39 is 8.45 Å². The van der Waals surface area contributed by atoms with Gasteiger partial charge in [0.25, 0.3) is 0 Å². The topological polar surface area (TPSA) is 29.5 Å². The molecule has 26 heavy (non-hydrogen) atoms. The summed E-state index contributed by atoms with van der Waals surface area (Å²) in [6, 6.07) is 31.2. The summed E-state index contributed by atoms with van der Waals surface area (Å²) >= 11 is 0. The van der Waals surface area contributed by atoms with Crippen molar-refractivity contribution < 1.29 is 4.89 Å². The summed E-state index contributed by atoms with van der Waals surface area (Å²) in [7, 11) is -2.03. The van der Waals surface area contributed by atoms with Gasteiger partial charge in [0.2, 0.25) is 0 Å². The number of anilines is 1. The number of hydrogen-bond donors (Lipinski definition) is 0. The minimum absolute atomic E-state index is 0.240. The third-order valence-corrected chi connectivity index (χ3v) is 6.81. The molecule has 3 aromatic carbocycles. The molecule has 0 saturated carbocycles. The van der Waals surface area contributed by atoms with Crippen LogP contribution in [0.25, 0.3) is 0 Å². The van der Waals surface area contributed by atoms with Crippen LogP contribution in [0, 0.1) is 0 Å². The quantitative estimate of drug-likeness (QED) is 0.644. The lowest BCUT2D eigenvalue weighted by Gasteiger charge is -2.27. The summed E-state index contributed by atoms with van der Waals surface area (Å²) in [5.74, 6) is 0. The van der Waals surface area contributed by atoms with E-state index >= 15 is 0 Å². The molecule has 132 valence electrons. The lowest BCUT2D eigenvalue weighted by molar-refractivity contribution is -0.170. The first-order valence-corrected chi connectivity index (χ1v) is 10.3. The first-order valence-electron chi connectivity index (χ1n) is 9.02. The molecular formula is C22H23N2OP. The predicted octanol–water partition coefficient (Wildman–Crippen LogP) is 3.94. The Morgan fingerprint density at radius 1 is 0.769 bits per heavy atom. The van der Waals surface area contributed by atoms with Crippen LogP contribution in [0.1, 0.15) is 11.1 Å². The first kappa shape index (κ1) is 17.2. The lowest BCUT2D eigenvalue weighted by Crippen LogP contribution is -2.31. The zero-order chi connectivity index (χ0) is 17.8. The van der Waals surface area contributed by atoms with Gasteiger partial charge in [0.05, 0.1) is 24.8 Å². The second kappa shape index (κ2) is 8.01. The van der Waals surface area contributed by atoms with E-state index in [4.69, 9.17) is 0 Å². The Labute approximate surface area is 156 Å². The van der Waals surface area contributed by atoms with E-state index in [0.29, 0.717) is 0 Å². The second-order valence-corrected chi connectivity index (χ2v) is 8.37. The Kier molecular flexibility index (Phi) is 5.31. The van der Waals surface area contributed by atoms with E-state index in [-0.39, 0.29) is 6.04 Å². The molecule has 0 aliphatic carbocycles. The number of para-hydroxylation sites is 1. The maximum Gasteiger partial charge on any atom is 0.117 e. The maximum atomic E-state index is 13.3. The smallest absolute Gasteiger partial charge is 0.117 e. The van der Waals surface area contributed by atoms with Crippen LogP contribution in [-0.4, -0.2) is 17.3 Å². The Bertz CT molecular complexity index is 813. The van der Waals surface area contributed by atoms with Crippen LogP contribution in [0.15, 0.2) is 91.0 Å². The van der Waals surface area contributed by atoms with Gasteiger partial charge >= 0.3 is 0 Å². The van der Waals surface area contributed by atoms with E-state index in [2.05, 4.69) is 45.7 Å². The van der Waals surface area contributed by atoms with Gasteiger partial charge in [-0.15, -0.1) is 0 Å². The minimum atomic E-state index is -2.03. The molecule has 1 aliphatic heterocycles. The Balaban J connectivity index is 1.60. The van der Waals surface area contributed by atoms with Crippen molar-refractivity contribution in [2.24, 2.45) is 0 Å². The van der Waals surface area contributed by atoms with E-state index in [9.17, 15) is 4.89 Å². The molecule has 1 aliphatic rings. The van der Waals surface area contributed by atoms with Crippen molar-refractivity contribution in [3.8, 4) is 0 Å². The third kappa shape index (κ3) is 3.81. The molecule has 2 atom stereocenters. The lowest BCUT2D eigenvalue weighted by atomic mass is 10.1. The Morgan fingerprint density at radius 3 is 1.92 bits per heavy atom. The van der Waals surface area contributed by atoms with Crippen molar-refractivity contribution in [1.29, 1.82) is 0 Å². The molecule has 1 heterocycles. The average Bonchev–Trinajstić information content (AvgIpc) is 3.00. The summed E-state index contributed by atoms with van der Waals surface area (Å²) in [4.78, 5) is 13.3. The molecule has 0 amide bonds. The number of benzene rings is 3. The molecule has 0 spiro atoms. The van der Waals surface area contributed by atoms with Crippen LogP contribution in [0.4, 0.5) is 5.69 Å². The molecule has 1 fully saturated rings. The van der Waals surface area contributed by atoms with Crippen molar-refractivity contribution in [2.75, 3.05) is 11.2 Å². The molecule has 3 aromatic rings. The molecule has 0 radical (unpaired) electrons. The van der Waals surface area contributed by atoms with E-state index in [1.807, 2.05) is 54.6 Å². The summed E-state index contributed by atoms with van der Waals surface area (Å²) < 4.78 is 4.28. The highest BCUT2D eigenvalue weighted by Gasteiger charge is 2.40. The van der Waals surface area contributed by atoms with Gasteiger partial charge in [-0.2, -0.15) is 4.67 Å². The normalized spacial score (nSPS) is 20.4. The fourth-order valence-electron chi connectivity index (χ4n) is 3.56. The molecule has 3 nitrogen and oxygen atoms in total. The molecule has 4 rings (SSSR count). The first-order chi connectivity index (χ1) is 12.8. The van der Waals surface area contributed by atoms with Gasteiger partial charge in [0, 0.05) is 0 Å². The van der Waals surface area contributed by atoms with Crippen molar-refractivity contribution >= 4 is 14.1 Å². The Hall–Kier alpha value is -2.19. The van der Waals surface area contributed by atoms with Crippen LogP contribution in [0.3, 0.4) is 0 Å². The van der Waals surface area contributed by atoms with Crippen molar-refractivity contribution in [1.82, 2.24) is 4.67 Å². The summed E-state index contributed by atoms with van der Waals surface area (Å²) in [6.45, 7) is 1.52. The highest BCUT2D eigenvalue weighted by molar-refractivity contribution is 7.49. The van der Waals surface area contributed by atoms with Gasteiger partial charge in [0.1, 0.15) is 8.45 Å². The van der Waals surface area contributed by atoms with Gasteiger partial charge in [-0.3, -0.25) is 0 Å². The van der Waals surface area contributed by atoms with Gasteiger partial charge in [0.15, 0.2) is 0 Å². The van der Waals surface area contributed by atoms with Crippen LogP contribution in [0.2, 0.25) is 0 Å². The van der Waals surface area contributed by atoms with Crippen molar-refractivity contribution in [2.45, 2.75) is 19.0 Å². The fourth-order valence-corrected chi connectivity index (χ4v) is 5.41. The van der Waals surface area contributed by atoms with Crippen LogP contribution >= 0.6 is 8.45 Å². The summed E-state index contributed by atoms with van der Waals surface area (Å²) in [5, 5.41) is 0. The largest absolute Gasteiger partial charge is 0.648 e. The average molecular weight is 362 g/mol. The highest BCUT2D eigenvalue weighted by Crippen LogP contribution is 2.48. The zero-order valence-electron chi connectivity index (χ0n) is 14.7. The van der Waals surface area contributed by atoms with Crippen molar-refractivity contribution in [3.05, 3.63) is 102 Å². The third-order valence-electron chi connectivity index (χ3n) is 4.89. The molecule has 4 heteroatoms. The van der Waals surface area contributed by atoms with Crippen LogP contribution < -0.4 is 9.56 Å². The van der Waals surface area contributed by atoms with E-state index in [1.54, 1.807) is 0 Å². The highest BCUT2D eigenvalue weighted by atomic mass is 31.2. The van der Waals surface area contributed by atoms with Crippen molar-refractivity contribution in [3.63, 3.8) is 0 Å². The van der Waals surface area contributed by atoms with Gasteiger partial charge < -0.3 is 4.89 Å². The van der Waals surface area contributed by atoms with Crippen LogP contribution in [-0.2, 0) is 13.0 Å². The SMILES string of the molecule is [O-][PH+]1N(c2ccccc2)C[C@H](Cc2ccccc2)N1Cc1ccccc1. The summed E-state index contributed by atoms with van der Waals surface area (Å²) in [6.07, 6.45) is 0.910. The monoisotopic (exact) mass is 362 g/mol. The molecule has 0 N–H and O–H groups in total. The van der Waals surface area contributed by atoms with E-state index in [0.717, 1.165) is 25.2 Å². The van der Waals surface area contributed by atoms with Gasteiger partial charge in [-0.1, -0.05) is 78.9 Å². The Morgan fingerprint density at radius 2 is 1.31 bits per heavy atom. The molecular weight excluding hydrogens is 339 g/mol. The van der Waals surface area contributed by atoms with Gasteiger partial charge in [-0.05, 0) is 29.7 Å². The fraction of sp³-hybridized carbons (Fsp3) is 0.182. The summed E-state index contributed by atoms with van der Waals surface area (Å²) in [5.41, 5.74) is 3.55. The molecule has 1 saturated heterocycles.